The highest BCUT2D eigenvalue weighted by atomic mass is 127. The molecule has 1 fully saturated rings. The quantitative estimate of drug-likeness (QED) is 0.779. The number of carbonyl (C=O) groups excluding carboxylic acids is 1. The van der Waals surface area contributed by atoms with Gasteiger partial charge in [0.15, 0.2) is 0 Å². The number of aromatic hydroxyl groups is 1. The molecule has 19 heavy (non-hydrogen) atoms. The van der Waals surface area contributed by atoms with Crippen LogP contribution in [0, 0.1) is 15.4 Å². The van der Waals surface area contributed by atoms with Crippen molar-refractivity contribution in [1.29, 1.82) is 0 Å². The molecule has 2 atom stereocenters. The third-order valence-electron chi connectivity index (χ3n) is 3.72. The van der Waals surface area contributed by atoms with Gasteiger partial charge in [0.1, 0.15) is 5.75 Å². The maximum Gasteiger partial charge on any atom is 0.255 e. The molecule has 0 aromatic heterocycles. The number of halogens is 1. The van der Waals surface area contributed by atoms with Gasteiger partial charge >= 0.3 is 0 Å². The number of nitrogens with one attached hydrogen (secondary N) is 1. The number of phenolic OH excluding ortho intramolecular Hbond substituents is 1. The molecule has 1 aliphatic rings. The molecule has 0 bridgehead atoms. The van der Waals surface area contributed by atoms with Crippen molar-refractivity contribution in [2.75, 3.05) is 0 Å². The highest BCUT2D eigenvalue weighted by molar-refractivity contribution is 14.1. The van der Waals surface area contributed by atoms with Crippen LogP contribution in [0.1, 0.15) is 43.5 Å². The molecule has 0 saturated heterocycles. The highest BCUT2D eigenvalue weighted by Gasteiger charge is 2.25. The van der Waals surface area contributed by atoms with E-state index in [0.717, 1.165) is 16.4 Å². The van der Waals surface area contributed by atoms with E-state index in [2.05, 4.69) is 41.8 Å². The van der Waals surface area contributed by atoms with Gasteiger partial charge in [0, 0.05) is 9.61 Å². The molecule has 1 amide bonds. The highest BCUT2D eigenvalue weighted by Crippen LogP contribution is 2.29. The molecular formula is C15H20INO2. The Bertz CT molecular complexity index is 465. The number of amides is 1. The van der Waals surface area contributed by atoms with Crippen molar-refractivity contribution in [1.82, 2.24) is 5.32 Å². The summed E-state index contributed by atoms with van der Waals surface area (Å²) in [6, 6.07) is 5.31. The first kappa shape index (κ1) is 14.6. The van der Waals surface area contributed by atoms with Crippen molar-refractivity contribution in [3.63, 3.8) is 0 Å². The summed E-state index contributed by atoms with van der Waals surface area (Å²) >= 11 is 2.14. The number of hydrogen-bond acceptors (Lipinski definition) is 2. The average molecular weight is 373 g/mol. The minimum atomic E-state index is -0.165. The number of carbonyl (C=O) groups is 1. The van der Waals surface area contributed by atoms with Crippen LogP contribution in [-0.4, -0.2) is 17.1 Å². The Balaban J connectivity index is 2.06. The molecule has 0 spiro atoms. The van der Waals surface area contributed by atoms with E-state index in [1.807, 2.05) is 0 Å². The van der Waals surface area contributed by atoms with E-state index in [-0.39, 0.29) is 17.7 Å². The predicted octanol–water partition coefficient (Wildman–Crippen LogP) is 3.55. The van der Waals surface area contributed by atoms with Gasteiger partial charge in [-0.2, -0.15) is 0 Å². The fourth-order valence-corrected chi connectivity index (χ4v) is 3.51. The largest absolute Gasteiger partial charge is 0.507 e. The van der Waals surface area contributed by atoms with Crippen LogP contribution in [0.2, 0.25) is 0 Å². The van der Waals surface area contributed by atoms with Crippen LogP contribution < -0.4 is 5.32 Å². The fourth-order valence-electron chi connectivity index (χ4n) is 3.02. The van der Waals surface area contributed by atoms with Crippen LogP contribution >= 0.6 is 22.6 Å². The minimum Gasteiger partial charge on any atom is -0.507 e. The Labute approximate surface area is 127 Å². The molecular weight excluding hydrogens is 353 g/mol. The smallest absolute Gasteiger partial charge is 0.255 e. The van der Waals surface area contributed by atoms with Gasteiger partial charge in [-0.15, -0.1) is 0 Å². The maximum absolute atomic E-state index is 12.2. The Morgan fingerprint density at radius 2 is 1.89 bits per heavy atom. The fraction of sp³-hybridized carbons (Fsp3) is 0.533. The van der Waals surface area contributed by atoms with Gasteiger partial charge in [-0.05, 0) is 71.9 Å². The normalized spacial score (nSPS) is 27.0. The molecule has 3 nitrogen and oxygen atoms in total. The number of hydrogen-bond donors (Lipinski definition) is 2. The van der Waals surface area contributed by atoms with Gasteiger partial charge in [-0.1, -0.05) is 13.8 Å². The lowest BCUT2D eigenvalue weighted by molar-refractivity contribution is 0.0908. The number of benzene rings is 1. The first-order valence-corrected chi connectivity index (χ1v) is 7.83. The van der Waals surface area contributed by atoms with Crippen LogP contribution in [-0.2, 0) is 0 Å². The maximum atomic E-state index is 12.2. The van der Waals surface area contributed by atoms with E-state index in [9.17, 15) is 9.90 Å². The molecule has 2 N–H and O–H groups in total. The molecule has 0 heterocycles. The van der Waals surface area contributed by atoms with Crippen molar-refractivity contribution < 1.29 is 9.90 Å². The standard InChI is InChI=1S/C15H20INO2/c1-9-5-10(2)7-12(6-9)17-15(19)13-8-11(16)3-4-14(13)18/h3-4,8-10,12,18H,5-7H2,1-2H3,(H,17,19). The summed E-state index contributed by atoms with van der Waals surface area (Å²) in [7, 11) is 0. The van der Waals surface area contributed by atoms with E-state index < -0.39 is 0 Å². The van der Waals surface area contributed by atoms with Gasteiger partial charge in [-0.3, -0.25) is 4.79 Å². The second kappa shape index (κ2) is 6.11. The first-order chi connectivity index (χ1) is 8.95. The summed E-state index contributed by atoms with van der Waals surface area (Å²) in [5.74, 6) is 1.19. The minimum absolute atomic E-state index is 0.0508. The predicted molar refractivity (Wildman–Crippen MR) is 84.3 cm³/mol. The molecule has 2 rings (SSSR count). The summed E-state index contributed by atoms with van der Waals surface area (Å²) in [6.07, 6.45) is 3.29. The molecule has 1 aromatic rings. The summed E-state index contributed by atoms with van der Waals surface area (Å²) in [4.78, 5) is 12.2. The summed E-state index contributed by atoms with van der Waals surface area (Å²) in [5, 5.41) is 12.8. The molecule has 104 valence electrons. The third-order valence-corrected chi connectivity index (χ3v) is 4.39. The molecule has 1 aromatic carbocycles. The van der Waals surface area contributed by atoms with Crippen molar-refractivity contribution in [3.8, 4) is 5.75 Å². The molecule has 4 heteroatoms. The Morgan fingerprint density at radius 3 is 2.53 bits per heavy atom. The van der Waals surface area contributed by atoms with Crippen LogP contribution in [0.4, 0.5) is 0 Å². The van der Waals surface area contributed by atoms with E-state index >= 15 is 0 Å². The van der Waals surface area contributed by atoms with E-state index in [1.54, 1.807) is 18.2 Å². The second-order valence-electron chi connectivity index (χ2n) is 5.75. The molecule has 0 radical (unpaired) electrons. The van der Waals surface area contributed by atoms with Crippen molar-refractivity contribution >= 4 is 28.5 Å². The lowest BCUT2D eigenvalue weighted by atomic mass is 9.80. The molecule has 0 aliphatic heterocycles. The Hall–Kier alpha value is -0.780. The van der Waals surface area contributed by atoms with E-state index in [4.69, 9.17) is 0 Å². The zero-order valence-electron chi connectivity index (χ0n) is 11.3. The van der Waals surface area contributed by atoms with Gasteiger partial charge in [0.25, 0.3) is 5.91 Å². The van der Waals surface area contributed by atoms with Crippen molar-refractivity contribution in [2.45, 2.75) is 39.2 Å². The van der Waals surface area contributed by atoms with E-state index in [1.165, 1.54) is 6.42 Å². The summed E-state index contributed by atoms with van der Waals surface area (Å²) < 4.78 is 0.950. The van der Waals surface area contributed by atoms with Gasteiger partial charge < -0.3 is 10.4 Å². The topological polar surface area (TPSA) is 49.3 Å². The summed E-state index contributed by atoms with van der Waals surface area (Å²) in [5.41, 5.74) is 0.373. The van der Waals surface area contributed by atoms with E-state index in [0.29, 0.717) is 17.4 Å². The van der Waals surface area contributed by atoms with Crippen LogP contribution in [0.3, 0.4) is 0 Å². The zero-order chi connectivity index (χ0) is 14.0. The lowest BCUT2D eigenvalue weighted by Gasteiger charge is -2.32. The second-order valence-corrected chi connectivity index (χ2v) is 6.99. The van der Waals surface area contributed by atoms with Gasteiger partial charge in [-0.25, -0.2) is 0 Å². The Morgan fingerprint density at radius 1 is 1.26 bits per heavy atom. The summed E-state index contributed by atoms with van der Waals surface area (Å²) in [6.45, 7) is 4.47. The Kier molecular flexibility index (Phi) is 4.71. The molecule has 2 unspecified atom stereocenters. The van der Waals surface area contributed by atoms with Gasteiger partial charge in [0.2, 0.25) is 0 Å². The monoisotopic (exact) mass is 373 g/mol. The molecule has 1 aliphatic carbocycles. The zero-order valence-corrected chi connectivity index (χ0v) is 13.5. The van der Waals surface area contributed by atoms with Gasteiger partial charge in [0.05, 0.1) is 5.56 Å². The molecule has 1 saturated carbocycles. The average Bonchev–Trinajstić information content (AvgIpc) is 2.30. The first-order valence-electron chi connectivity index (χ1n) is 6.75. The SMILES string of the molecule is CC1CC(C)CC(NC(=O)c2cc(I)ccc2O)C1. The van der Waals surface area contributed by atoms with Crippen molar-refractivity contribution in [2.24, 2.45) is 11.8 Å². The van der Waals surface area contributed by atoms with Crippen LogP contribution in [0.5, 0.6) is 5.75 Å². The van der Waals surface area contributed by atoms with Crippen molar-refractivity contribution in [3.05, 3.63) is 27.3 Å². The number of rotatable bonds is 2. The third kappa shape index (κ3) is 3.84. The number of phenols is 1. The lowest BCUT2D eigenvalue weighted by Crippen LogP contribution is -2.40. The van der Waals surface area contributed by atoms with Crippen LogP contribution in [0.25, 0.3) is 0 Å². The van der Waals surface area contributed by atoms with Crippen LogP contribution in [0.15, 0.2) is 18.2 Å².